The van der Waals surface area contributed by atoms with Gasteiger partial charge < -0.3 is 10.3 Å². The molecule has 11 heteroatoms. The van der Waals surface area contributed by atoms with Gasteiger partial charge in [-0.05, 0) is 32.0 Å². The third kappa shape index (κ3) is 3.85. The van der Waals surface area contributed by atoms with Crippen molar-refractivity contribution in [2.75, 3.05) is 5.73 Å². The van der Waals surface area contributed by atoms with E-state index in [0.29, 0.717) is 16.6 Å². The molecule has 35 heavy (non-hydrogen) atoms. The Morgan fingerprint density at radius 1 is 1.11 bits per heavy atom. The fourth-order valence-electron chi connectivity index (χ4n) is 4.03. The Morgan fingerprint density at radius 3 is 2.66 bits per heavy atom. The van der Waals surface area contributed by atoms with Gasteiger partial charge in [-0.15, -0.1) is 0 Å². The van der Waals surface area contributed by atoms with Crippen molar-refractivity contribution in [2.24, 2.45) is 0 Å². The smallest absolute Gasteiger partial charge is 0.350 e. The van der Waals surface area contributed by atoms with E-state index in [1.807, 2.05) is 18.4 Å². The van der Waals surface area contributed by atoms with Crippen LogP contribution in [0.25, 0.3) is 27.8 Å². The second kappa shape index (κ2) is 8.62. The number of fused-ring (bicyclic) bond motifs is 1. The van der Waals surface area contributed by atoms with Crippen molar-refractivity contribution in [2.45, 2.75) is 26.4 Å². The molecule has 0 saturated heterocycles. The fraction of sp³-hybridized carbons (Fsp3) is 0.167. The van der Waals surface area contributed by atoms with Gasteiger partial charge in [-0.25, -0.2) is 23.5 Å². The zero-order chi connectivity index (χ0) is 24.9. The molecule has 0 aliphatic carbocycles. The van der Waals surface area contributed by atoms with Crippen molar-refractivity contribution in [3.8, 4) is 16.8 Å². The van der Waals surface area contributed by atoms with Gasteiger partial charge in [0.25, 0.3) is 0 Å². The van der Waals surface area contributed by atoms with Crippen LogP contribution in [0.5, 0.6) is 0 Å². The summed E-state index contributed by atoms with van der Waals surface area (Å²) in [4.78, 5) is 21.3. The molecule has 5 rings (SSSR count). The van der Waals surface area contributed by atoms with Crippen LogP contribution in [0, 0.1) is 11.6 Å². The van der Waals surface area contributed by atoms with Crippen molar-refractivity contribution in [3.05, 3.63) is 88.0 Å². The second-order valence-electron chi connectivity index (χ2n) is 8.33. The molecule has 2 aromatic carbocycles. The van der Waals surface area contributed by atoms with Crippen LogP contribution in [0.15, 0.2) is 60.0 Å². The van der Waals surface area contributed by atoms with Crippen LogP contribution in [0.2, 0.25) is 5.02 Å². The van der Waals surface area contributed by atoms with E-state index in [0.717, 1.165) is 4.68 Å². The Labute approximate surface area is 203 Å². The largest absolute Gasteiger partial charge is 0.383 e. The number of nitrogens with zero attached hydrogens (tertiary/aromatic N) is 6. The van der Waals surface area contributed by atoms with Crippen LogP contribution in [0.1, 0.15) is 25.5 Å². The Bertz CT molecular complexity index is 1640. The topological polar surface area (TPSA) is 96.5 Å². The molecule has 8 nitrogen and oxygen atoms in total. The van der Waals surface area contributed by atoms with E-state index in [1.54, 1.807) is 24.4 Å². The van der Waals surface area contributed by atoms with Gasteiger partial charge in [-0.1, -0.05) is 23.7 Å². The van der Waals surface area contributed by atoms with E-state index in [2.05, 4.69) is 15.1 Å². The van der Waals surface area contributed by atoms with Gasteiger partial charge in [0.15, 0.2) is 0 Å². The maximum absolute atomic E-state index is 15.4. The molecule has 0 bridgehead atoms. The van der Waals surface area contributed by atoms with Gasteiger partial charge in [0.1, 0.15) is 35.8 Å². The van der Waals surface area contributed by atoms with Gasteiger partial charge in [-0.3, -0.25) is 4.57 Å². The van der Waals surface area contributed by atoms with Crippen LogP contribution in [0.4, 0.5) is 14.6 Å². The average molecular weight is 496 g/mol. The number of nitrogen functional groups attached to an aromatic ring is 1. The highest BCUT2D eigenvalue weighted by molar-refractivity contribution is 6.30. The minimum Gasteiger partial charge on any atom is -0.383 e. The first kappa shape index (κ1) is 22.7. The van der Waals surface area contributed by atoms with Gasteiger partial charge in [0.2, 0.25) is 0 Å². The molecule has 3 heterocycles. The highest BCUT2D eigenvalue weighted by atomic mass is 35.5. The van der Waals surface area contributed by atoms with E-state index in [-0.39, 0.29) is 40.2 Å². The summed E-state index contributed by atoms with van der Waals surface area (Å²) in [5.41, 5.74) is 7.45. The molecular weight excluding hydrogens is 476 g/mol. The summed E-state index contributed by atoms with van der Waals surface area (Å²) in [7, 11) is 0. The van der Waals surface area contributed by atoms with Gasteiger partial charge in [-0.2, -0.15) is 9.78 Å². The van der Waals surface area contributed by atoms with E-state index in [1.165, 1.54) is 35.4 Å². The maximum Gasteiger partial charge on any atom is 0.350 e. The lowest BCUT2D eigenvalue weighted by molar-refractivity contribution is 0.595. The van der Waals surface area contributed by atoms with Gasteiger partial charge in [0.05, 0.1) is 22.6 Å². The minimum atomic E-state index is -0.604. The quantitative estimate of drug-likeness (QED) is 0.384. The molecule has 0 atom stereocenters. The lowest BCUT2D eigenvalue weighted by Crippen LogP contribution is -2.24. The summed E-state index contributed by atoms with van der Waals surface area (Å²) >= 11 is 5.83. The lowest BCUT2D eigenvalue weighted by Gasteiger charge is -2.07. The maximum atomic E-state index is 15.4. The van der Waals surface area contributed by atoms with Crippen LogP contribution >= 0.6 is 11.6 Å². The van der Waals surface area contributed by atoms with Crippen LogP contribution < -0.4 is 11.4 Å². The first-order valence-electron chi connectivity index (χ1n) is 10.7. The molecule has 0 aliphatic heterocycles. The molecule has 0 saturated carbocycles. The Balaban J connectivity index is 1.54. The predicted octanol–water partition coefficient (Wildman–Crippen LogP) is 4.59. The summed E-state index contributed by atoms with van der Waals surface area (Å²) in [6, 6.07) is 8.96. The molecule has 0 aliphatic rings. The molecule has 2 N–H and O–H groups in total. The zero-order valence-corrected chi connectivity index (χ0v) is 19.5. The summed E-state index contributed by atoms with van der Waals surface area (Å²) < 4.78 is 33.8. The molecule has 0 spiro atoms. The Hall–Kier alpha value is -4.05. The predicted molar refractivity (Wildman–Crippen MR) is 130 cm³/mol. The number of nitrogens with two attached hydrogens (primary N) is 1. The molecule has 0 fully saturated rings. The lowest BCUT2D eigenvalue weighted by atomic mass is 10.0. The van der Waals surface area contributed by atoms with E-state index < -0.39 is 17.3 Å². The minimum absolute atomic E-state index is 0.0366. The van der Waals surface area contributed by atoms with Crippen LogP contribution in [-0.4, -0.2) is 28.9 Å². The van der Waals surface area contributed by atoms with Crippen LogP contribution in [-0.2, 0) is 6.54 Å². The summed E-state index contributed by atoms with van der Waals surface area (Å²) in [6.07, 6.45) is 4.43. The molecule has 3 aromatic heterocycles. The van der Waals surface area contributed by atoms with Crippen molar-refractivity contribution in [3.63, 3.8) is 0 Å². The van der Waals surface area contributed by atoms with Crippen molar-refractivity contribution >= 4 is 28.5 Å². The second-order valence-corrected chi connectivity index (χ2v) is 8.74. The molecule has 178 valence electrons. The van der Waals surface area contributed by atoms with Crippen molar-refractivity contribution in [1.29, 1.82) is 0 Å². The molecule has 0 amide bonds. The molecule has 0 radical (unpaired) electrons. The highest BCUT2D eigenvalue weighted by Gasteiger charge is 2.20. The first-order chi connectivity index (χ1) is 16.8. The third-order valence-corrected chi connectivity index (χ3v) is 6.08. The van der Waals surface area contributed by atoms with Gasteiger partial charge in [0, 0.05) is 35.0 Å². The number of rotatable bonds is 5. The van der Waals surface area contributed by atoms with E-state index in [4.69, 9.17) is 17.3 Å². The van der Waals surface area contributed by atoms with E-state index in [9.17, 15) is 9.18 Å². The number of halogens is 3. The molecule has 5 aromatic rings. The molecular formula is C24H20ClF2N7O. The van der Waals surface area contributed by atoms with Gasteiger partial charge >= 0.3 is 5.69 Å². The van der Waals surface area contributed by atoms with Crippen LogP contribution in [0.3, 0.4) is 0 Å². The Kier molecular flexibility index (Phi) is 5.60. The number of hydrogen-bond donors (Lipinski definition) is 1. The number of anilines is 1. The fourth-order valence-corrected chi connectivity index (χ4v) is 4.23. The van der Waals surface area contributed by atoms with E-state index >= 15 is 4.39 Å². The Morgan fingerprint density at radius 2 is 1.91 bits per heavy atom. The summed E-state index contributed by atoms with van der Waals surface area (Å²) in [5, 5.41) is 4.59. The molecule has 0 unspecified atom stereocenters. The van der Waals surface area contributed by atoms with Crippen molar-refractivity contribution in [1.82, 2.24) is 28.9 Å². The summed E-state index contributed by atoms with van der Waals surface area (Å²) in [6.45, 7) is 3.90. The average Bonchev–Trinajstić information content (AvgIpc) is 3.39. The number of aromatic nitrogens is 6. The highest BCUT2D eigenvalue weighted by Crippen LogP contribution is 2.35. The normalized spacial score (nSPS) is 11.6. The zero-order valence-electron chi connectivity index (χ0n) is 18.8. The third-order valence-electron chi connectivity index (χ3n) is 5.79. The van der Waals surface area contributed by atoms with Crippen molar-refractivity contribution < 1.29 is 8.78 Å². The monoisotopic (exact) mass is 495 g/mol. The number of hydrogen-bond acceptors (Lipinski definition) is 5. The first-order valence-corrected chi connectivity index (χ1v) is 11.1. The standard InChI is InChI=1S/C24H20ClF2N7O/c1-13(2)33-10-17(20-22(28)29-11-30-23(20)33)16-7-6-15(8-19(16)26)34-24(35)32(12-31-34)9-14-4-3-5-18(25)21(14)27/h3-8,10-13H,9H2,1-2H3,(H2,28,29,30). The summed E-state index contributed by atoms with van der Waals surface area (Å²) in [5.74, 6) is -0.931. The SMILES string of the molecule is CC(C)n1cc(-c2ccc(-n3ncn(Cc4cccc(Cl)c4F)c3=O)cc2F)c2c(N)ncnc21. The number of benzene rings is 2.